The van der Waals surface area contributed by atoms with E-state index in [2.05, 4.69) is 11.7 Å². The van der Waals surface area contributed by atoms with Crippen LogP contribution in [0.3, 0.4) is 0 Å². The maximum Gasteiger partial charge on any atom is 0.573 e. The van der Waals surface area contributed by atoms with Gasteiger partial charge in [0.2, 0.25) is 5.75 Å². The highest BCUT2D eigenvalue weighted by Crippen LogP contribution is 2.36. The van der Waals surface area contributed by atoms with Crippen molar-refractivity contribution >= 4 is 10.8 Å². The van der Waals surface area contributed by atoms with Gasteiger partial charge in [0.1, 0.15) is 5.82 Å². The Labute approximate surface area is 176 Å². The molecule has 0 amide bonds. The van der Waals surface area contributed by atoms with Crippen LogP contribution >= 0.6 is 0 Å². The van der Waals surface area contributed by atoms with Crippen LogP contribution in [0, 0.1) is 17.5 Å². The number of ether oxygens (including phenoxy) is 1. The van der Waals surface area contributed by atoms with Gasteiger partial charge in [0.15, 0.2) is 11.6 Å². The van der Waals surface area contributed by atoms with Crippen molar-refractivity contribution in [3.63, 3.8) is 0 Å². The van der Waals surface area contributed by atoms with Crippen LogP contribution in [-0.2, 0) is 6.42 Å². The van der Waals surface area contributed by atoms with Gasteiger partial charge in [0.25, 0.3) is 0 Å². The van der Waals surface area contributed by atoms with Gasteiger partial charge < -0.3 is 4.74 Å². The average molecular weight is 440 g/mol. The van der Waals surface area contributed by atoms with E-state index in [0.29, 0.717) is 17.2 Å². The first-order valence-electron chi connectivity index (χ1n) is 10.2. The predicted octanol–water partition coefficient (Wildman–Crippen LogP) is 8.34. The topological polar surface area (TPSA) is 9.23 Å². The first-order valence-corrected chi connectivity index (χ1v) is 10.2. The Morgan fingerprint density at radius 2 is 1.45 bits per heavy atom. The Morgan fingerprint density at radius 1 is 0.774 bits per heavy atom. The predicted molar refractivity (Wildman–Crippen MR) is 108 cm³/mol. The standard InChI is InChI=1S/C24H22F6O/c1-2-3-4-5-6-7-15-8-10-16(11-9-15)17-12-18-14-20(26)23(31-24(28,29)30)22(27)21(18)19(25)13-17/h8-14H,2-7H2,1H3. The molecule has 3 aromatic rings. The number of halogens is 6. The van der Waals surface area contributed by atoms with Crippen LogP contribution in [0.4, 0.5) is 26.3 Å². The van der Waals surface area contributed by atoms with Gasteiger partial charge in [-0.15, -0.1) is 13.2 Å². The van der Waals surface area contributed by atoms with Crippen molar-refractivity contribution < 1.29 is 31.1 Å². The van der Waals surface area contributed by atoms with Gasteiger partial charge in [-0.25, -0.2) is 13.2 Å². The molecule has 0 unspecified atom stereocenters. The van der Waals surface area contributed by atoms with Crippen LogP contribution in [0.5, 0.6) is 5.75 Å². The normalized spacial score (nSPS) is 11.8. The number of unbranched alkanes of at least 4 members (excludes halogenated alkanes) is 4. The lowest BCUT2D eigenvalue weighted by Gasteiger charge is -2.13. The van der Waals surface area contributed by atoms with E-state index in [0.717, 1.165) is 30.9 Å². The average Bonchev–Trinajstić information content (AvgIpc) is 2.70. The highest BCUT2D eigenvalue weighted by molar-refractivity contribution is 5.89. The lowest BCUT2D eigenvalue weighted by molar-refractivity contribution is -0.276. The summed E-state index contributed by atoms with van der Waals surface area (Å²) in [6.45, 7) is 2.16. The zero-order valence-corrected chi connectivity index (χ0v) is 17.0. The summed E-state index contributed by atoms with van der Waals surface area (Å²) in [6, 6.07) is 10.4. The molecule has 1 nitrogen and oxygen atoms in total. The van der Waals surface area contributed by atoms with Crippen LogP contribution in [0.15, 0.2) is 42.5 Å². The van der Waals surface area contributed by atoms with Crippen molar-refractivity contribution in [3.05, 3.63) is 65.5 Å². The molecular formula is C24H22F6O. The molecule has 0 aliphatic heterocycles. The largest absolute Gasteiger partial charge is 0.573 e. The molecule has 0 N–H and O–H groups in total. The van der Waals surface area contributed by atoms with Crippen molar-refractivity contribution in [3.8, 4) is 16.9 Å². The fourth-order valence-corrected chi connectivity index (χ4v) is 3.57. The molecule has 0 bridgehead atoms. The minimum Gasteiger partial charge on any atom is -0.399 e. The van der Waals surface area contributed by atoms with Crippen LogP contribution in [0.25, 0.3) is 21.9 Å². The van der Waals surface area contributed by atoms with Gasteiger partial charge in [-0.3, -0.25) is 0 Å². The van der Waals surface area contributed by atoms with Gasteiger partial charge in [-0.05, 0) is 53.1 Å². The van der Waals surface area contributed by atoms with Crippen LogP contribution in [0.2, 0.25) is 0 Å². The van der Waals surface area contributed by atoms with E-state index in [1.165, 1.54) is 25.3 Å². The Bertz CT molecular complexity index is 1040. The number of aryl methyl sites for hydroxylation is 1. The maximum absolute atomic E-state index is 14.6. The second-order valence-electron chi connectivity index (χ2n) is 7.47. The first-order chi connectivity index (χ1) is 14.7. The van der Waals surface area contributed by atoms with Crippen LogP contribution in [-0.4, -0.2) is 6.36 Å². The first kappa shape index (κ1) is 23.0. The molecule has 0 heterocycles. The van der Waals surface area contributed by atoms with Gasteiger partial charge >= 0.3 is 6.36 Å². The molecule has 0 saturated heterocycles. The van der Waals surface area contributed by atoms with E-state index >= 15 is 0 Å². The summed E-state index contributed by atoms with van der Waals surface area (Å²) in [5, 5.41) is -0.951. The monoisotopic (exact) mass is 440 g/mol. The molecule has 0 radical (unpaired) electrons. The van der Waals surface area contributed by atoms with E-state index in [9.17, 15) is 26.3 Å². The summed E-state index contributed by atoms with van der Waals surface area (Å²) in [5.41, 5.74) is 2.13. The van der Waals surface area contributed by atoms with Crippen molar-refractivity contribution in [1.82, 2.24) is 0 Å². The van der Waals surface area contributed by atoms with Crippen molar-refractivity contribution in [2.24, 2.45) is 0 Å². The Balaban J connectivity index is 1.86. The fourth-order valence-electron chi connectivity index (χ4n) is 3.57. The SMILES string of the molecule is CCCCCCCc1ccc(-c2cc(F)c3c(F)c(OC(F)(F)F)c(F)cc3c2)cc1. The van der Waals surface area contributed by atoms with E-state index in [1.807, 2.05) is 12.1 Å². The third-order valence-electron chi connectivity index (χ3n) is 5.11. The maximum atomic E-state index is 14.6. The lowest BCUT2D eigenvalue weighted by Crippen LogP contribution is -2.19. The minimum atomic E-state index is -5.30. The lowest BCUT2D eigenvalue weighted by atomic mass is 9.98. The molecule has 0 atom stereocenters. The van der Waals surface area contributed by atoms with Crippen LogP contribution in [0.1, 0.15) is 44.6 Å². The summed E-state index contributed by atoms with van der Waals surface area (Å²) in [5.74, 6) is -6.06. The quantitative estimate of drug-likeness (QED) is 0.253. The summed E-state index contributed by atoms with van der Waals surface area (Å²) >= 11 is 0. The third kappa shape index (κ3) is 5.71. The molecule has 0 fully saturated rings. The Morgan fingerprint density at radius 3 is 2.10 bits per heavy atom. The summed E-state index contributed by atoms with van der Waals surface area (Å²) in [6.07, 6.45) is 1.46. The zero-order valence-electron chi connectivity index (χ0n) is 17.0. The molecular weight excluding hydrogens is 418 g/mol. The molecule has 0 aromatic heterocycles. The smallest absolute Gasteiger partial charge is 0.399 e. The second-order valence-corrected chi connectivity index (χ2v) is 7.47. The van der Waals surface area contributed by atoms with Crippen molar-refractivity contribution in [1.29, 1.82) is 0 Å². The minimum absolute atomic E-state index is 0.195. The molecule has 0 spiro atoms. The highest BCUT2D eigenvalue weighted by Gasteiger charge is 2.35. The number of benzene rings is 3. The molecule has 31 heavy (non-hydrogen) atoms. The fraction of sp³-hybridized carbons (Fsp3) is 0.333. The van der Waals surface area contributed by atoms with Crippen molar-refractivity contribution in [2.45, 2.75) is 51.8 Å². The van der Waals surface area contributed by atoms with E-state index < -0.39 is 34.9 Å². The second kappa shape index (κ2) is 9.62. The van der Waals surface area contributed by atoms with Gasteiger partial charge in [-0.2, -0.15) is 0 Å². The van der Waals surface area contributed by atoms with Gasteiger partial charge in [0.05, 0.1) is 5.39 Å². The summed E-state index contributed by atoms with van der Waals surface area (Å²) in [7, 11) is 0. The highest BCUT2D eigenvalue weighted by atomic mass is 19.4. The van der Waals surface area contributed by atoms with Gasteiger partial charge in [0, 0.05) is 0 Å². The number of rotatable bonds is 8. The van der Waals surface area contributed by atoms with Crippen LogP contribution < -0.4 is 4.74 Å². The van der Waals surface area contributed by atoms with E-state index in [4.69, 9.17) is 0 Å². The third-order valence-corrected chi connectivity index (χ3v) is 5.11. The Kier molecular flexibility index (Phi) is 7.13. The van der Waals surface area contributed by atoms with E-state index in [-0.39, 0.29) is 5.39 Å². The Hall–Kier alpha value is -2.70. The molecule has 7 heteroatoms. The molecule has 0 aliphatic rings. The molecule has 0 aliphatic carbocycles. The molecule has 166 valence electrons. The number of hydrogen-bond donors (Lipinski definition) is 0. The molecule has 3 rings (SSSR count). The summed E-state index contributed by atoms with van der Waals surface area (Å²) < 4.78 is 83.6. The number of hydrogen-bond acceptors (Lipinski definition) is 1. The van der Waals surface area contributed by atoms with Crippen molar-refractivity contribution in [2.75, 3.05) is 0 Å². The van der Waals surface area contributed by atoms with E-state index in [1.54, 1.807) is 12.1 Å². The molecule has 3 aromatic carbocycles. The zero-order chi connectivity index (χ0) is 22.6. The molecule has 0 saturated carbocycles. The number of fused-ring (bicyclic) bond motifs is 1. The summed E-state index contributed by atoms with van der Waals surface area (Å²) in [4.78, 5) is 0. The van der Waals surface area contributed by atoms with Gasteiger partial charge in [-0.1, -0.05) is 56.9 Å². The number of alkyl halides is 3.